The monoisotopic (exact) mass is 448 g/mol. The Bertz CT molecular complexity index is 1200. The molecule has 3 aromatic rings. The number of nitrogens with two attached hydrogens (primary N) is 1. The SMILES string of the molecule is CC/C=C\C/C(=C\CCl)S(=O)(=O)Nc1ccc(-c2ccc3c(N)n[nH]c3c2F)cc1. The lowest BCUT2D eigenvalue weighted by molar-refractivity contribution is 0.606. The van der Waals surface area contributed by atoms with E-state index in [-0.39, 0.29) is 28.5 Å². The molecule has 0 spiro atoms. The number of sulfonamides is 1. The van der Waals surface area contributed by atoms with Crippen LogP contribution >= 0.6 is 11.6 Å². The Labute approximate surface area is 179 Å². The molecule has 0 aliphatic rings. The van der Waals surface area contributed by atoms with E-state index in [9.17, 15) is 12.8 Å². The largest absolute Gasteiger partial charge is 0.382 e. The number of benzene rings is 2. The summed E-state index contributed by atoms with van der Waals surface area (Å²) >= 11 is 5.72. The second-order valence-corrected chi connectivity index (χ2v) is 8.59. The van der Waals surface area contributed by atoms with Crippen LogP contribution in [0.25, 0.3) is 22.0 Å². The van der Waals surface area contributed by atoms with Crippen molar-refractivity contribution in [1.29, 1.82) is 0 Å². The minimum atomic E-state index is -3.76. The fourth-order valence-electron chi connectivity index (χ4n) is 2.99. The Morgan fingerprint density at radius 2 is 1.97 bits per heavy atom. The van der Waals surface area contributed by atoms with Gasteiger partial charge in [0, 0.05) is 28.9 Å². The van der Waals surface area contributed by atoms with Crippen LogP contribution in [0.5, 0.6) is 0 Å². The van der Waals surface area contributed by atoms with Crippen LogP contribution in [0.3, 0.4) is 0 Å². The molecule has 4 N–H and O–H groups in total. The van der Waals surface area contributed by atoms with Gasteiger partial charge in [0.05, 0.1) is 4.91 Å². The van der Waals surface area contributed by atoms with Crippen molar-refractivity contribution in [2.75, 3.05) is 16.3 Å². The average molecular weight is 449 g/mol. The van der Waals surface area contributed by atoms with E-state index in [1.807, 2.05) is 13.0 Å². The lowest BCUT2D eigenvalue weighted by Gasteiger charge is -2.11. The summed E-state index contributed by atoms with van der Waals surface area (Å²) in [5.41, 5.74) is 7.24. The molecule has 158 valence electrons. The number of nitrogens with zero attached hydrogens (tertiary/aromatic N) is 1. The molecule has 0 fully saturated rings. The van der Waals surface area contributed by atoms with Gasteiger partial charge in [-0.3, -0.25) is 9.82 Å². The number of H-pyrrole nitrogens is 1. The van der Waals surface area contributed by atoms with Crippen LogP contribution in [0.1, 0.15) is 19.8 Å². The Balaban J connectivity index is 1.84. The topological polar surface area (TPSA) is 101 Å². The smallest absolute Gasteiger partial charge is 0.258 e. The second kappa shape index (κ2) is 9.32. The Morgan fingerprint density at radius 3 is 2.63 bits per heavy atom. The van der Waals surface area contributed by atoms with Crippen molar-refractivity contribution in [1.82, 2.24) is 10.2 Å². The Hall–Kier alpha value is -2.84. The molecule has 6 nitrogen and oxygen atoms in total. The maximum absolute atomic E-state index is 14.8. The molecule has 0 saturated carbocycles. The van der Waals surface area contributed by atoms with Crippen LogP contribution in [-0.2, 0) is 10.0 Å². The van der Waals surface area contributed by atoms with Gasteiger partial charge in [-0.2, -0.15) is 5.10 Å². The molecule has 1 heterocycles. The van der Waals surface area contributed by atoms with E-state index in [1.54, 1.807) is 42.5 Å². The normalized spacial score (nSPS) is 12.7. The van der Waals surface area contributed by atoms with Crippen molar-refractivity contribution >= 4 is 44.0 Å². The number of anilines is 2. The highest BCUT2D eigenvalue weighted by molar-refractivity contribution is 7.96. The standard InChI is InChI=1S/C21H22ClFN4O2S/c1-2-3-4-5-16(12-13-22)30(28,29)27-15-8-6-14(7-9-15)17-10-11-18-20(19(17)23)25-26-21(18)24/h3-4,6-12,27H,2,5,13H2,1H3,(H3,24,25,26)/b4-3-,16-12+. The van der Waals surface area contributed by atoms with Gasteiger partial charge in [0.2, 0.25) is 0 Å². The molecule has 0 bridgehead atoms. The van der Waals surface area contributed by atoms with Gasteiger partial charge in [0.15, 0.2) is 11.6 Å². The number of allylic oxidation sites excluding steroid dienone is 4. The maximum atomic E-state index is 14.8. The average Bonchev–Trinajstić information content (AvgIpc) is 3.10. The van der Waals surface area contributed by atoms with Gasteiger partial charge >= 0.3 is 0 Å². The first-order chi connectivity index (χ1) is 14.4. The van der Waals surface area contributed by atoms with Gasteiger partial charge in [-0.1, -0.05) is 43.4 Å². The second-order valence-electron chi connectivity index (χ2n) is 6.55. The van der Waals surface area contributed by atoms with Gasteiger partial charge in [-0.25, -0.2) is 12.8 Å². The first-order valence-corrected chi connectivity index (χ1v) is 11.3. The molecule has 0 saturated heterocycles. The number of halogens is 2. The van der Waals surface area contributed by atoms with E-state index in [0.29, 0.717) is 22.2 Å². The van der Waals surface area contributed by atoms with Gasteiger partial charge < -0.3 is 5.73 Å². The van der Waals surface area contributed by atoms with Crippen molar-refractivity contribution in [2.45, 2.75) is 19.8 Å². The highest BCUT2D eigenvalue weighted by Crippen LogP contribution is 2.31. The third-order valence-corrected chi connectivity index (χ3v) is 6.21. The number of aromatic amines is 1. The van der Waals surface area contributed by atoms with Gasteiger partial charge in [-0.15, -0.1) is 11.6 Å². The molecule has 1 aromatic heterocycles. The summed E-state index contributed by atoms with van der Waals surface area (Å²) in [6, 6.07) is 9.75. The Morgan fingerprint density at radius 1 is 1.23 bits per heavy atom. The van der Waals surface area contributed by atoms with Crippen LogP contribution in [0, 0.1) is 5.82 Å². The number of aromatic nitrogens is 2. The van der Waals surface area contributed by atoms with Gasteiger partial charge in [-0.05, 0) is 30.2 Å². The van der Waals surface area contributed by atoms with E-state index in [0.717, 1.165) is 6.42 Å². The molecule has 0 aliphatic carbocycles. The zero-order valence-corrected chi connectivity index (χ0v) is 17.9. The molecule has 0 atom stereocenters. The number of fused-ring (bicyclic) bond motifs is 1. The third kappa shape index (κ3) is 4.66. The summed E-state index contributed by atoms with van der Waals surface area (Å²) < 4.78 is 42.7. The zero-order valence-electron chi connectivity index (χ0n) is 16.3. The van der Waals surface area contributed by atoms with Gasteiger partial charge in [0.25, 0.3) is 10.0 Å². The summed E-state index contributed by atoms with van der Waals surface area (Å²) in [4.78, 5) is 0.194. The lowest BCUT2D eigenvalue weighted by atomic mass is 10.0. The predicted molar refractivity (Wildman–Crippen MR) is 121 cm³/mol. The van der Waals surface area contributed by atoms with E-state index >= 15 is 0 Å². The van der Waals surface area contributed by atoms with E-state index in [1.165, 1.54) is 6.08 Å². The first kappa shape index (κ1) is 21.9. The summed E-state index contributed by atoms with van der Waals surface area (Å²) in [5, 5.41) is 6.92. The number of alkyl halides is 1. The molecule has 0 aliphatic heterocycles. The predicted octanol–water partition coefficient (Wildman–Crippen LogP) is 5.17. The molecule has 0 unspecified atom stereocenters. The van der Waals surface area contributed by atoms with Crippen molar-refractivity contribution in [2.24, 2.45) is 0 Å². The fourth-order valence-corrected chi connectivity index (χ4v) is 4.47. The van der Waals surface area contributed by atoms with Crippen molar-refractivity contribution in [3.63, 3.8) is 0 Å². The van der Waals surface area contributed by atoms with Crippen molar-refractivity contribution in [3.8, 4) is 11.1 Å². The first-order valence-electron chi connectivity index (χ1n) is 9.32. The van der Waals surface area contributed by atoms with Crippen molar-refractivity contribution in [3.05, 3.63) is 65.3 Å². The summed E-state index contributed by atoms with van der Waals surface area (Å²) in [5.74, 6) is -0.149. The third-order valence-electron chi connectivity index (χ3n) is 4.53. The van der Waals surface area contributed by atoms with Gasteiger partial charge in [0.1, 0.15) is 5.52 Å². The highest BCUT2D eigenvalue weighted by atomic mass is 35.5. The van der Waals surface area contributed by atoms with Crippen LogP contribution < -0.4 is 10.5 Å². The van der Waals surface area contributed by atoms with Crippen LogP contribution in [0.2, 0.25) is 0 Å². The minimum Gasteiger partial charge on any atom is -0.382 e. The molecular weight excluding hydrogens is 427 g/mol. The molecule has 3 rings (SSSR count). The molecule has 2 aromatic carbocycles. The van der Waals surface area contributed by atoms with E-state index < -0.39 is 15.8 Å². The summed E-state index contributed by atoms with van der Waals surface area (Å²) in [6.07, 6.45) is 6.23. The number of hydrogen-bond donors (Lipinski definition) is 3. The number of nitrogens with one attached hydrogen (secondary N) is 2. The van der Waals surface area contributed by atoms with Crippen LogP contribution in [-0.4, -0.2) is 24.5 Å². The van der Waals surface area contributed by atoms with E-state index in [2.05, 4.69) is 14.9 Å². The molecule has 0 amide bonds. The quantitative estimate of drug-likeness (QED) is 0.326. The fraction of sp³-hybridized carbons (Fsp3) is 0.190. The lowest BCUT2D eigenvalue weighted by Crippen LogP contribution is -2.15. The number of hydrogen-bond acceptors (Lipinski definition) is 4. The maximum Gasteiger partial charge on any atom is 0.258 e. The Kier molecular flexibility index (Phi) is 6.79. The van der Waals surface area contributed by atoms with E-state index in [4.69, 9.17) is 17.3 Å². The summed E-state index contributed by atoms with van der Waals surface area (Å²) in [6.45, 7) is 1.97. The molecule has 0 radical (unpaired) electrons. The van der Waals surface area contributed by atoms with Crippen LogP contribution in [0.15, 0.2) is 59.5 Å². The number of nitrogen functional groups attached to an aromatic ring is 1. The zero-order chi connectivity index (χ0) is 21.7. The molecule has 30 heavy (non-hydrogen) atoms. The van der Waals surface area contributed by atoms with Crippen molar-refractivity contribution < 1.29 is 12.8 Å². The molecule has 9 heteroatoms. The van der Waals surface area contributed by atoms with Crippen LogP contribution in [0.4, 0.5) is 15.9 Å². The molecular formula is C21H22ClFN4O2S. The summed E-state index contributed by atoms with van der Waals surface area (Å²) in [7, 11) is -3.76. The highest BCUT2D eigenvalue weighted by Gasteiger charge is 2.17. The number of rotatable bonds is 8. The minimum absolute atomic E-state index is 0.0923.